The van der Waals surface area contributed by atoms with Gasteiger partial charge >= 0.3 is 17.6 Å². The molecule has 2 aliphatic rings. The fraction of sp³-hybridized carbons (Fsp3) is 0.462. The van der Waals surface area contributed by atoms with E-state index in [-0.39, 0.29) is 46.5 Å². The number of nitrogens with one attached hydrogen (secondary N) is 1. The third-order valence-electron chi connectivity index (χ3n) is 6.66. The molecule has 1 aromatic heterocycles. The molecule has 0 aliphatic heterocycles. The molecular formula is C26H28BrNO7. The highest BCUT2D eigenvalue weighted by atomic mass is 79.9. The van der Waals surface area contributed by atoms with Gasteiger partial charge in [-0.1, -0.05) is 35.2 Å². The van der Waals surface area contributed by atoms with Crippen molar-refractivity contribution in [1.29, 1.82) is 0 Å². The molecular weight excluding hydrogens is 518 g/mol. The van der Waals surface area contributed by atoms with Crippen molar-refractivity contribution in [2.24, 2.45) is 5.41 Å². The van der Waals surface area contributed by atoms with Crippen molar-refractivity contribution in [2.75, 3.05) is 13.2 Å². The number of ether oxygens (including phenoxy) is 2. The molecule has 8 nitrogen and oxygen atoms in total. The number of esters is 2. The van der Waals surface area contributed by atoms with E-state index in [1.54, 1.807) is 32.0 Å². The number of carbonyl (C=O) groups excluding carboxylic acids is 3. The molecule has 1 saturated carbocycles. The van der Waals surface area contributed by atoms with E-state index in [0.717, 1.165) is 32.1 Å². The van der Waals surface area contributed by atoms with Crippen LogP contribution in [0, 0.1) is 5.41 Å². The first-order valence-electron chi connectivity index (χ1n) is 11.9. The molecule has 0 bridgehead atoms. The Bertz CT molecular complexity index is 1390. The number of halogens is 1. The molecule has 0 amide bonds. The summed E-state index contributed by atoms with van der Waals surface area (Å²) in [7, 11) is 0. The Morgan fingerprint density at radius 1 is 1.09 bits per heavy atom. The molecule has 9 heteroatoms. The highest BCUT2D eigenvalue weighted by molar-refractivity contribution is 9.10. The van der Waals surface area contributed by atoms with Crippen LogP contribution < -0.4 is 21.4 Å². The summed E-state index contributed by atoms with van der Waals surface area (Å²) < 4.78 is 17.0. The highest BCUT2D eigenvalue weighted by Gasteiger charge is 2.59. The van der Waals surface area contributed by atoms with Gasteiger partial charge in [0.2, 0.25) is 0 Å². The van der Waals surface area contributed by atoms with Crippen molar-refractivity contribution in [3.63, 3.8) is 0 Å². The average Bonchev–Trinajstić information content (AvgIpc) is 3.13. The number of rotatable bonds is 7. The summed E-state index contributed by atoms with van der Waals surface area (Å²) >= 11 is 3.43. The molecule has 1 N–H and O–H groups in total. The van der Waals surface area contributed by atoms with E-state index in [0.29, 0.717) is 9.86 Å². The van der Waals surface area contributed by atoms with Gasteiger partial charge in [0.15, 0.2) is 11.2 Å². The molecule has 2 aromatic rings. The number of carbonyl (C=O) groups is 3. The summed E-state index contributed by atoms with van der Waals surface area (Å²) in [5.74, 6) is -2.42. The molecule has 0 unspecified atom stereocenters. The van der Waals surface area contributed by atoms with Crippen molar-refractivity contribution in [3.05, 3.63) is 43.5 Å². The minimum absolute atomic E-state index is 0.00696. The third kappa shape index (κ3) is 4.09. The van der Waals surface area contributed by atoms with Crippen molar-refractivity contribution in [2.45, 2.75) is 58.9 Å². The predicted molar refractivity (Wildman–Crippen MR) is 133 cm³/mol. The van der Waals surface area contributed by atoms with Gasteiger partial charge < -0.3 is 19.2 Å². The average molecular weight is 546 g/mol. The minimum Gasteiger partial charge on any atom is -0.465 e. The Labute approximate surface area is 210 Å². The van der Waals surface area contributed by atoms with E-state index in [2.05, 4.69) is 21.2 Å². The Hall–Kier alpha value is -2.94. The minimum atomic E-state index is -2.17. The van der Waals surface area contributed by atoms with Crippen molar-refractivity contribution in [1.82, 2.24) is 5.32 Å². The molecule has 2 aliphatic carbocycles. The number of hydrogen-bond donors (Lipinski definition) is 1. The quantitative estimate of drug-likeness (QED) is 0.320. The zero-order valence-corrected chi connectivity index (χ0v) is 21.6. The normalized spacial score (nSPS) is 20.0. The first-order chi connectivity index (χ1) is 16.8. The zero-order chi connectivity index (χ0) is 25.3. The van der Waals surface area contributed by atoms with Crippen LogP contribution in [0.3, 0.4) is 0 Å². The summed E-state index contributed by atoms with van der Waals surface area (Å²) in [6.45, 7) is 4.48. The molecule has 4 rings (SSSR count). The zero-order valence-electron chi connectivity index (χ0n) is 20.0. The van der Waals surface area contributed by atoms with Crippen LogP contribution in [-0.2, 0) is 23.9 Å². The number of Topliss-reactive ketones (excluding diaryl/α,β-unsaturated/α-hetero) is 1. The van der Waals surface area contributed by atoms with Crippen LogP contribution >= 0.6 is 15.9 Å². The van der Waals surface area contributed by atoms with E-state index in [9.17, 15) is 19.2 Å². The highest BCUT2D eigenvalue weighted by Crippen LogP contribution is 2.42. The summed E-state index contributed by atoms with van der Waals surface area (Å²) in [6, 6.07) is 4.90. The van der Waals surface area contributed by atoms with Crippen LogP contribution in [0.5, 0.6) is 0 Å². The summed E-state index contributed by atoms with van der Waals surface area (Å²) in [5, 5.41) is 3.89. The lowest BCUT2D eigenvalue weighted by Crippen LogP contribution is -2.50. The number of benzene rings is 1. The van der Waals surface area contributed by atoms with Crippen LogP contribution in [0.1, 0.15) is 52.9 Å². The molecule has 1 heterocycles. The second-order valence-corrected chi connectivity index (χ2v) is 9.67. The Morgan fingerprint density at radius 2 is 1.77 bits per heavy atom. The maximum atomic E-state index is 13.7. The largest absolute Gasteiger partial charge is 0.465 e. The van der Waals surface area contributed by atoms with Gasteiger partial charge in [-0.25, -0.2) is 9.59 Å². The van der Waals surface area contributed by atoms with E-state index in [1.165, 1.54) is 6.92 Å². The fourth-order valence-corrected chi connectivity index (χ4v) is 5.55. The Kier molecular flexibility index (Phi) is 7.17. The molecule has 1 fully saturated rings. The van der Waals surface area contributed by atoms with E-state index in [1.807, 2.05) is 0 Å². The molecule has 0 saturated heterocycles. The van der Waals surface area contributed by atoms with Gasteiger partial charge in [0.25, 0.3) is 0 Å². The fourth-order valence-electron chi connectivity index (χ4n) is 5.19. The molecule has 35 heavy (non-hydrogen) atoms. The SMILES string of the molecule is CCOC(=O)C1=c2c(c(=O)oc3ccc(Br)cc23)=C(NC2CCCCC2)[C@@]1(C(C)=O)C(=O)OCC. The lowest BCUT2D eigenvalue weighted by atomic mass is 9.75. The Balaban J connectivity index is 2.23. The van der Waals surface area contributed by atoms with Gasteiger partial charge in [-0.15, -0.1) is 0 Å². The van der Waals surface area contributed by atoms with Crippen molar-refractivity contribution >= 4 is 55.9 Å². The van der Waals surface area contributed by atoms with Crippen LogP contribution in [0.25, 0.3) is 22.2 Å². The second kappa shape index (κ2) is 9.97. The van der Waals surface area contributed by atoms with Gasteiger partial charge in [0.1, 0.15) is 5.58 Å². The molecule has 0 radical (unpaired) electrons. The number of fused-ring (bicyclic) bond motifs is 3. The van der Waals surface area contributed by atoms with Gasteiger partial charge in [-0.05, 0) is 51.8 Å². The van der Waals surface area contributed by atoms with E-state index < -0.39 is 28.8 Å². The maximum Gasteiger partial charge on any atom is 0.346 e. The van der Waals surface area contributed by atoms with Crippen LogP contribution in [-0.4, -0.2) is 37.0 Å². The smallest absolute Gasteiger partial charge is 0.346 e. The van der Waals surface area contributed by atoms with Gasteiger partial charge in [0, 0.05) is 21.1 Å². The molecule has 1 atom stereocenters. The monoisotopic (exact) mass is 545 g/mol. The molecule has 0 spiro atoms. The molecule has 186 valence electrons. The van der Waals surface area contributed by atoms with Gasteiger partial charge in [-0.3, -0.25) is 9.59 Å². The van der Waals surface area contributed by atoms with Crippen molar-refractivity contribution < 1.29 is 28.3 Å². The van der Waals surface area contributed by atoms with Crippen molar-refractivity contribution in [3.8, 4) is 0 Å². The predicted octanol–water partition coefficient (Wildman–Crippen LogP) is 2.45. The van der Waals surface area contributed by atoms with E-state index >= 15 is 0 Å². The van der Waals surface area contributed by atoms with E-state index in [4.69, 9.17) is 13.9 Å². The maximum absolute atomic E-state index is 13.7. The summed E-state index contributed by atoms with van der Waals surface area (Å²) in [6.07, 6.45) is 4.63. The second-order valence-electron chi connectivity index (χ2n) is 8.76. The topological polar surface area (TPSA) is 112 Å². The van der Waals surface area contributed by atoms with Gasteiger partial charge in [0.05, 0.1) is 29.7 Å². The molecule has 1 aromatic carbocycles. The standard InChI is InChI=1S/C26H28BrNO7/c1-4-33-24(31)21-19-17-13-15(27)11-12-18(17)35-23(30)20(19)22(28-16-9-7-6-8-10-16)26(21,14(3)29)25(32)34-5-2/h11-13,16,28H,4-10H2,1-3H3/t26-/m0/s1. The summed E-state index contributed by atoms with van der Waals surface area (Å²) in [4.78, 5) is 54.1. The van der Waals surface area contributed by atoms with Crippen LogP contribution in [0.2, 0.25) is 0 Å². The lowest BCUT2D eigenvalue weighted by molar-refractivity contribution is -0.154. The lowest BCUT2D eigenvalue weighted by Gasteiger charge is -2.34. The summed E-state index contributed by atoms with van der Waals surface area (Å²) in [5.41, 5.74) is -2.87. The first kappa shape index (κ1) is 25.2. The number of ketones is 1. The van der Waals surface area contributed by atoms with Gasteiger partial charge in [-0.2, -0.15) is 0 Å². The van der Waals surface area contributed by atoms with Crippen LogP contribution in [0.15, 0.2) is 31.9 Å². The van der Waals surface area contributed by atoms with Crippen LogP contribution in [0.4, 0.5) is 0 Å². The Morgan fingerprint density at radius 3 is 2.40 bits per heavy atom. The third-order valence-corrected chi connectivity index (χ3v) is 7.15. The first-order valence-corrected chi connectivity index (χ1v) is 12.7. The number of hydrogen-bond acceptors (Lipinski definition) is 8.